The second-order valence-corrected chi connectivity index (χ2v) is 4.42. The Kier molecular flexibility index (Phi) is 5.15. The Bertz CT molecular complexity index is 359. The van der Waals surface area contributed by atoms with Crippen LogP contribution >= 0.6 is 0 Å². The van der Waals surface area contributed by atoms with Gasteiger partial charge < -0.3 is 14.8 Å². The van der Waals surface area contributed by atoms with Crippen LogP contribution in [0.15, 0.2) is 12.5 Å². The highest BCUT2D eigenvalue weighted by atomic mass is 16.2. The first-order valence-corrected chi connectivity index (χ1v) is 6.01. The van der Waals surface area contributed by atoms with Crippen LogP contribution in [-0.2, 0) is 17.9 Å². The summed E-state index contributed by atoms with van der Waals surface area (Å²) in [5.74, 6) is 0.104. The summed E-state index contributed by atoms with van der Waals surface area (Å²) in [4.78, 5) is 17.8. The van der Waals surface area contributed by atoms with Gasteiger partial charge >= 0.3 is 0 Å². The summed E-state index contributed by atoms with van der Waals surface area (Å²) in [5, 5.41) is 3.20. The molecule has 5 heteroatoms. The minimum Gasteiger partial charge on any atom is -0.342 e. The van der Waals surface area contributed by atoms with Gasteiger partial charge in [0.2, 0.25) is 5.91 Å². The van der Waals surface area contributed by atoms with Gasteiger partial charge in [0.05, 0.1) is 12.0 Å². The molecular formula is C12H22N4O. The highest BCUT2D eigenvalue weighted by Crippen LogP contribution is 2.00. The molecular weight excluding hydrogens is 216 g/mol. The van der Waals surface area contributed by atoms with E-state index in [0.717, 1.165) is 18.8 Å². The van der Waals surface area contributed by atoms with Gasteiger partial charge in [0.15, 0.2) is 0 Å². The lowest BCUT2D eigenvalue weighted by Crippen LogP contribution is -2.35. The van der Waals surface area contributed by atoms with Gasteiger partial charge in [0.1, 0.15) is 6.54 Å². The van der Waals surface area contributed by atoms with Crippen molar-refractivity contribution < 1.29 is 4.79 Å². The van der Waals surface area contributed by atoms with E-state index in [1.807, 2.05) is 31.7 Å². The van der Waals surface area contributed by atoms with Crippen molar-refractivity contribution in [3.8, 4) is 0 Å². The summed E-state index contributed by atoms with van der Waals surface area (Å²) < 4.78 is 1.83. The number of amides is 1. The molecule has 96 valence electrons. The number of aromatic nitrogens is 2. The maximum atomic E-state index is 11.8. The molecule has 0 aliphatic heterocycles. The quantitative estimate of drug-likeness (QED) is 0.799. The molecule has 1 amide bonds. The van der Waals surface area contributed by atoms with Gasteiger partial charge in [-0.1, -0.05) is 6.92 Å². The molecule has 0 aliphatic carbocycles. The normalized spacial score (nSPS) is 10.9. The Balaban J connectivity index is 2.51. The van der Waals surface area contributed by atoms with E-state index in [2.05, 4.69) is 17.2 Å². The van der Waals surface area contributed by atoms with Crippen molar-refractivity contribution in [3.05, 3.63) is 18.2 Å². The predicted octanol–water partition coefficient (Wildman–Crippen LogP) is 0.859. The Morgan fingerprint density at radius 1 is 1.59 bits per heavy atom. The van der Waals surface area contributed by atoms with Crippen LogP contribution < -0.4 is 5.32 Å². The van der Waals surface area contributed by atoms with E-state index in [1.165, 1.54) is 0 Å². The molecule has 1 rings (SSSR count). The van der Waals surface area contributed by atoms with Crippen LogP contribution in [0.4, 0.5) is 0 Å². The number of nitrogens with one attached hydrogen (secondary N) is 1. The van der Waals surface area contributed by atoms with Gasteiger partial charge in [-0.25, -0.2) is 4.98 Å². The zero-order valence-corrected chi connectivity index (χ0v) is 11.1. The third-order valence-electron chi connectivity index (χ3n) is 2.73. The smallest absolute Gasteiger partial charge is 0.242 e. The predicted molar refractivity (Wildman–Crippen MR) is 67.5 cm³/mol. The van der Waals surface area contributed by atoms with E-state index in [-0.39, 0.29) is 11.9 Å². The summed E-state index contributed by atoms with van der Waals surface area (Å²) in [6.45, 7) is 8.08. The maximum Gasteiger partial charge on any atom is 0.242 e. The van der Waals surface area contributed by atoms with E-state index >= 15 is 0 Å². The highest BCUT2D eigenvalue weighted by molar-refractivity contribution is 5.75. The van der Waals surface area contributed by atoms with Crippen molar-refractivity contribution in [1.29, 1.82) is 0 Å². The molecule has 1 aromatic heterocycles. The summed E-state index contributed by atoms with van der Waals surface area (Å²) in [6.07, 6.45) is 3.62. The SMILES string of the molecule is CCNCc1cn(CC(=O)N(C)C(C)C)cn1. The fourth-order valence-corrected chi connectivity index (χ4v) is 1.39. The second kappa shape index (κ2) is 6.39. The van der Waals surface area contributed by atoms with Gasteiger partial charge in [0.25, 0.3) is 0 Å². The number of likely N-dealkylation sites (N-methyl/N-ethyl adjacent to an activating group) is 1. The first kappa shape index (κ1) is 13.7. The zero-order valence-electron chi connectivity index (χ0n) is 11.1. The molecule has 5 nitrogen and oxygen atoms in total. The lowest BCUT2D eigenvalue weighted by molar-refractivity contribution is -0.131. The average Bonchev–Trinajstić information content (AvgIpc) is 2.72. The van der Waals surface area contributed by atoms with Crippen LogP contribution in [0.2, 0.25) is 0 Å². The molecule has 1 aromatic rings. The average molecular weight is 238 g/mol. The summed E-state index contributed by atoms with van der Waals surface area (Å²) in [6, 6.07) is 0.229. The van der Waals surface area contributed by atoms with E-state index in [0.29, 0.717) is 6.54 Å². The molecule has 1 N–H and O–H groups in total. The fourth-order valence-electron chi connectivity index (χ4n) is 1.39. The third-order valence-corrected chi connectivity index (χ3v) is 2.73. The lowest BCUT2D eigenvalue weighted by Gasteiger charge is -2.21. The molecule has 0 saturated carbocycles. The summed E-state index contributed by atoms with van der Waals surface area (Å²) in [5.41, 5.74) is 0.965. The second-order valence-electron chi connectivity index (χ2n) is 4.42. The molecule has 0 atom stereocenters. The Hall–Kier alpha value is -1.36. The Morgan fingerprint density at radius 2 is 2.29 bits per heavy atom. The zero-order chi connectivity index (χ0) is 12.8. The Morgan fingerprint density at radius 3 is 2.88 bits per heavy atom. The van der Waals surface area contributed by atoms with Crippen molar-refractivity contribution in [2.45, 2.75) is 39.9 Å². The summed E-state index contributed by atoms with van der Waals surface area (Å²) >= 11 is 0. The number of imidazole rings is 1. The molecule has 1 heterocycles. The van der Waals surface area contributed by atoms with E-state index < -0.39 is 0 Å². The number of rotatable bonds is 6. The minimum atomic E-state index is 0.104. The summed E-state index contributed by atoms with van der Waals surface area (Å²) in [7, 11) is 1.82. The van der Waals surface area contributed by atoms with E-state index in [9.17, 15) is 4.79 Å². The third kappa shape index (κ3) is 4.19. The Labute approximate surface area is 103 Å². The van der Waals surface area contributed by atoms with Crippen molar-refractivity contribution >= 4 is 5.91 Å². The van der Waals surface area contributed by atoms with Crippen LogP contribution in [0.25, 0.3) is 0 Å². The van der Waals surface area contributed by atoms with E-state index in [1.54, 1.807) is 11.2 Å². The van der Waals surface area contributed by atoms with Crippen molar-refractivity contribution in [3.63, 3.8) is 0 Å². The minimum absolute atomic E-state index is 0.104. The molecule has 0 saturated heterocycles. The first-order valence-electron chi connectivity index (χ1n) is 6.01. The van der Waals surface area contributed by atoms with E-state index in [4.69, 9.17) is 0 Å². The van der Waals surface area contributed by atoms with Crippen LogP contribution in [0.3, 0.4) is 0 Å². The van der Waals surface area contributed by atoms with Crippen molar-refractivity contribution in [1.82, 2.24) is 19.8 Å². The molecule has 0 aliphatic rings. The van der Waals surface area contributed by atoms with Gasteiger partial charge in [-0.15, -0.1) is 0 Å². The van der Waals surface area contributed by atoms with Crippen molar-refractivity contribution in [2.24, 2.45) is 0 Å². The topological polar surface area (TPSA) is 50.2 Å². The number of hydrogen-bond acceptors (Lipinski definition) is 3. The van der Waals surface area contributed by atoms with Crippen molar-refractivity contribution in [2.75, 3.05) is 13.6 Å². The maximum absolute atomic E-state index is 11.8. The van der Waals surface area contributed by atoms with Crippen LogP contribution in [0.1, 0.15) is 26.5 Å². The standard InChI is InChI=1S/C12H22N4O/c1-5-13-6-11-7-16(9-14-11)8-12(17)15(4)10(2)3/h7,9-10,13H,5-6,8H2,1-4H3. The highest BCUT2D eigenvalue weighted by Gasteiger charge is 2.12. The van der Waals surface area contributed by atoms with Gasteiger partial charge in [-0.05, 0) is 20.4 Å². The number of hydrogen-bond donors (Lipinski definition) is 1. The van der Waals surface area contributed by atoms with Crippen LogP contribution in [0, 0.1) is 0 Å². The molecule has 0 spiro atoms. The fraction of sp³-hybridized carbons (Fsp3) is 0.667. The largest absolute Gasteiger partial charge is 0.342 e. The molecule has 0 radical (unpaired) electrons. The van der Waals surface area contributed by atoms with Gasteiger partial charge in [-0.3, -0.25) is 4.79 Å². The first-order chi connectivity index (χ1) is 8.04. The monoisotopic (exact) mass is 238 g/mol. The number of nitrogens with zero attached hydrogens (tertiary/aromatic N) is 3. The molecule has 0 bridgehead atoms. The number of carbonyl (C=O) groups is 1. The molecule has 0 fully saturated rings. The molecule has 0 unspecified atom stereocenters. The number of carbonyl (C=O) groups excluding carboxylic acids is 1. The molecule has 17 heavy (non-hydrogen) atoms. The van der Waals surface area contributed by atoms with Crippen LogP contribution in [0.5, 0.6) is 0 Å². The van der Waals surface area contributed by atoms with Gasteiger partial charge in [-0.2, -0.15) is 0 Å². The van der Waals surface area contributed by atoms with Crippen LogP contribution in [-0.4, -0.2) is 40.0 Å². The molecule has 0 aromatic carbocycles. The van der Waals surface area contributed by atoms with Gasteiger partial charge in [0, 0.05) is 25.8 Å². The lowest BCUT2D eigenvalue weighted by atomic mass is 10.3.